The summed E-state index contributed by atoms with van der Waals surface area (Å²) in [6.45, 7) is 0. The van der Waals surface area contributed by atoms with Crippen LogP contribution in [0.5, 0.6) is 5.75 Å². The number of carboxylic acids is 1. The van der Waals surface area contributed by atoms with Gasteiger partial charge in [0.1, 0.15) is 11.4 Å². The molecule has 0 aliphatic heterocycles. The second kappa shape index (κ2) is 4.44. The van der Waals surface area contributed by atoms with E-state index >= 15 is 0 Å². The predicted octanol–water partition coefficient (Wildman–Crippen LogP) is 2.68. The van der Waals surface area contributed by atoms with Gasteiger partial charge in [0.15, 0.2) is 0 Å². The molecule has 0 aliphatic carbocycles. The standard InChI is InChI=1S/C11H7F2NO4/c12-10(13)5-1-2-6(8(15)3-5)7-4-9(11(16)17)18-14-7/h1-4,10,15H,(H,16,17). The summed E-state index contributed by atoms with van der Waals surface area (Å²) in [7, 11) is 0. The molecular weight excluding hydrogens is 248 g/mol. The zero-order valence-electron chi connectivity index (χ0n) is 8.80. The van der Waals surface area contributed by atoms with Crippen molar-refractivity contribution in [3.8, 4) is 17.0 Å². The Bertz CT molecular complexity index is 594. The van der Waals surface area contributed by atoms with E-state index in [2.05, 4.69) is 9.68 Å². The Morgan fingerprint density at radius 1 is 1.33 bits per heavy atom. The molecule has 0 atom stereocenters. The zero-order chi connectivity index (χ0) is 13.3. The smallest absolute Gasteiger partial charge is 0.374 e. The minimum Gasteiger partial charge on any atom is -0.507 e. The third kappa shape index (κ3) is 2.15. The van der Waals surface area contributed by atoms with E-state index in [1.165, 1.54) is 6.07 Å². The number of alkyl halides is 2. The highest BCUT2D eigenvalue weighted by molar-refractivity contribution is 5.86. The maximum atomic E-state index is 12.4. The Morgan fingerprint density at radius 3 is 2.56 bits per heavy atom. The van der Waals surface area contributed by atoms with Gasteiger partial charge in [-0.15, -0.1) is 0 Å². The van der Waals surface area contributed by atoms with Crippen molar-refractivity contribution in [2.24, 2.45) is 0 Å². The first-order valence-corrected chi connectivity index (χ1v) is 4.80. The van der Waals surface area contributed by atoms with Crippen molar-refractivity contribution in [1.29, 1.82) is 0 Å². The van der Waals surface area contributed by atoms with E-state index in [9.17, 15) is 18.7 Å². The molecule has 7 heteroatoms. The molecule has 2 rings (SSSR count). The molecule has 94 valence electrons. The number of aromatic hydroxyl groups is 1. The predicted molar refractivity (Wildman–Crippen MR) is 55.5 cm³/mol. The van der Waals surface area contributed by atoms with Gasteiger partial charge in [-0.05, 0) is 12.1 Å². The van der Waals surface area contributed by atoms with Gasteiger partial charge in [0.05, 0.1) is 0 Å². The van der Waals surface area contributed by atoms with E-state index in [1.54, 1.807) is 0 Å². The third-order valence-electron chi connectivity index (χ3n) is 2.27. The number of nitrogens with zero attached hydrogens (tertiary/aromatic N) is 1. The summed E-state index contributed by atoms with van der Waals surface area (Å²) in [6, 6.07) is 4.34. The highest BCUT2D eigenvalue weighted by Gasteiger charge is 2.16. The normalized spacial score (nSPS) is 10.8. The van der Waals surface area contributed by atoms with Crippen molar-refractivity contribution in [2.45, 2.75) is 6.43 Å². The highest BCUT2D eigenvalue weighted by atomic mass is 19.3. The van der Waals surface area contributed by atoms with Crippen LogP contribution in [0.1, 0.15) is 22.5 Å². The van der Waals surface area contributed by atoms with E-state index in [0.717, 1.165) is 18.2 Å². The molecule has 0 unspecified atom stereocenters. The van der Waals surface area contributed by atoms with Crippen LogP contribution in [0.3, 0.4) is 0 Å². The number of benzene rings is 1. The molecule has 0 fully saturated rings. The molecule has 0 radical (unpaired) electrons. The van der Waals surface area contributed by atoms with E-state index in [0.29, 0.717) is 0 Å². The Kier molecular flexibility index (Phi) is 2.97. The Balaban J connectivity index is 2.41. The van der Waals surface area contributed by atoms with Gasteiger partial charge in [0.25, 0.3) is 6.43 Å². The molecule has 1 aromatic heterocycles. The lowest BCUT2D eigenvalue weighted by Crippen LogP contribution is -1.91. The lowest BCUT2D eigenvalue weighted by molar-refractivity contribution is 0.0652. The van der Waals surface area contributed by atoms with Crippen molar-refractivity contribution < 1.29 is 28.3 Å². The van der Waals surface area contributed by atoms with Crippen molar-refractivity contribution in [3.63, 3.8) is 0 Å². The zero-order valence-corrected chi connectivity index (χ0v) is 8.80. The first-order valence-electron chi connectivity index (χ1n) is 4.80. The number of hydrogen-bond donors (Lipinski definition) is 2. The van der Waals surface area contributed by atoms with Crippen LogP contribution < -0.4 is 0 Å². The molecule has 0 aliphatic rings. The monoisotopic (exact) mass is 255 g/mol. The average molecular weight is 255 g/mol. The molecule has 5 nitrogen and oxygen atoms in total. The first kappa shape index (κ1) is 12.0. The van der Waals surface area contributed by atoms with E-state index < -0.39 is 23.9 Å². The van der Waals surface area contributed by atoms with Crippen LogP contribution in [0, 0.1) is 0 Å². The largest absolute Gasteiger partial charge is 0.507 e. The molecule has 0 saturated carbocycles. The lowest BCUT2D eigenvalue weighted by atomic mass is 10.1. The third-order valence-corrected chi connectivity index (χ3v) is 2.27. The molecule has 0 amide bonds. The van der Waals surface area contributed by atoms with Gasteiger partial charge in [-0.2, -0.15) is 0 Å². The maximum Gasteiger partial charge on any atom is 0.374 e. The van der Waals surface area contributed by atoms with Crippen LogP contribution in [0.4, 0.5) is 8.78 Å². The summed E-state index contributed by atoms with van der Waals surface area (Å²) in [6.07, 6.45) is -2.70. The second-order valence-corrected chi connectivity index (χ2v) is 3.46. The van der Waals surface area contributed by atoms with Crippen LogP contribution in [-0.2, 0) is 0 Å². The van der Waals surface area contributed by atoms with E-state index in [4.69, 9.17) is 5.11 Å². The topological polar surface area (TPSA) is 83.6 Å². The molecule has 0 spiro atoms. The van der Waals surface area contributed by atoms with Crippen LogP contribution in [0.2, 0.25) is 0 Å². The molecule has 2 N–H and O–H groups in total. The van der Waals surface area contributed by atoms with Gasteiger partial charge >= 0.3 is 5.97 Å². The molecule has 1 aromatic carbocycles. The average Bonchev–Trinajstić information content (AvgIpc) is 2.78. The summed E-state index contributed by atoms with van der Waals surface area (Å²) in [5.41, 5.74) is -0.153. The highest BCUT2D eigenvalue weighted by Crippen LogP contribution is 2.32. The van der Waals surface area contributed by atoms with Crippen molar-refractivity contribution in [3.05, 3.63) is 35.6 Å². The number of rotatable bonds is 3. The van der Waals surface area contributed by atoms with Crippen LogP contribution >= 0.6 is 0 Å². The van der Waals surface area contributed by atoms with Gasteiger partial charge in [-0.3, -0.25) is 0 Å². The minimum absolute atomic E-state index is 0.0608. The second-order valence-electron chi connectivity index (χ2n) is 3.46. The summed E-state index contributed by atoms with van der Waals surface area (Å²) in [5.74, 6) is -2.13. The van der Waals surface area contributed by atoms with Gasteiger partial charge < -0.3 is 14.7 Å². The van der Waals surface area contributed by atoms with Crippen LogP contribution in [0.25, 0.3) is 11.3 Å². The molecule has 1 heterocycles. The quantitative estimate of drug-likeness (QED) is 0.880. The number of hydrogen-bond acceptors (Lipinski definition) is 4. The van der Waals surface area contributed by atoms with Crippen LogP contribution in [0.15, 0.2) is 28.8 Å². The lowest BCUT2D eigenvalue weighted by Gasteiger charge is -2.03. The first-order chi connectivity index (χ1) is 8.49. The SMILES string of the molecule is O=C(O)c1cc(-c2ccc(C(F)F)cc2O)no1. The number of aromatic carboxylic acids is 1. The number of phenols is 1. The molecule has 0 bridgehead atoms. The Hall–Kier alpha value is -2.44. The van der Waals surface area contributed by atoms with Crippen molar-refractivity contribution >= 4 is 5.97 Å². The summed E-state index contributed by atoms with van der Waals surface area (Å²) < 4.78 is 29.2. The number of aromatic nitrogens is 1. The van der Waals surface area contributed by atoms with Crippen LogP contribution in [-0.4, -0.2) is 21.3 Å². The summed E-state index contributed by atoms with van der Waals surface area (Å²) in [5, 5.41) is 21.7. The fourth-order valence-electron chi connectivity index (χ4n) is 1.40. The van der Waals surface area contributed by atoms with E-state index in [1.807, 2.05) is 0 Å². The van der Waals surface area contributed by atoms with Gasteiger partial charge in [-0.25, -0.2) is 13.6 Å². The van der Waals surface area contributed by atoms with Crippen molar-refractivity contribution in [2.75, 3.05) is 0 Å². The Morgan fingerprint density at radius 2 is 2.06 bits per heavy atom. The summed E-state index contributed by atoms with van der Waals surface area (Å²) >= 11 is 0. The number of phenolic OH excluding ortho intramolecular Hbond substituents is 1. The fraction of sp³-hybridized carbons (Fsp3) is 0.0909. The maximum absolute atomic E-state index is 12.4. The Labute approximate surface area is 99.3 Å². The number of halogens is 2. The number of carboxylic acid groups (broad SMARTS) is 1. The van der Waals surface area contributed by atoms with Gasteiger partial charge in [0, 0.05) is 17.2 Å². The molecule has 0 saturated heterocycles. The minimum atomic E-state index is -2.70. The summed E-state index contributed by atoms with van der Waals surface area (Å²) in [4.78, 5) is 10.6. The molecule has 18 heavy (non-hydrogen) atoms. The van der Waals surface area contributed by atoms with Crippen molar-refractivity contribution in [1.82, 2.24) is 5.16 Å². The van der Waals surface area contributed by atoms with E-state index in [-0.39, 0.29) is 16.8 Å². The molecule has 2 aromatic rings. The van der Waals surface area contributed by atoms with Gasteiger partial charge in [0.2, 0.25) is 5.76 Å². The van der Waals surface area contributed by atoms with Gasteiger partial charge in [-0.1, -0.05) is 11.2 Å². The fourth-order valence-corrected chi connectivity index (χ4v) is 1.40. The molecular formula is C11H7F2NO4. The number of carbonyl (C=O) groups is 1.